The first kappa shape index (κ1) is 39.9. The van der Waals surface area contributed by atoms with Gasteiger partial charge in [0.25, 0.3) is 0 Å². The average molecular weight is 569 g/mol. The Labute approximate surface area is 254 Å². The highest BCUT2D eigenvalue weighted by Gasteiger charge is 2.28. The van der Waals surface area contributed by atoms with Crippen LogP contribution in [0.2, 0.25) is 0 Å². The second-order valence-electron chi connectivity index (χ2n) is 12.7. The van der Waals surface area contributed by atoms with E-state index >= 15 is 0 Å². The fourth-order valence-corrected chi connectivity index (χ4v) is 5.90. The van der Waals surface area contributed by atoms with Gasteiger partial charge in [-0.3, -0.25) is 0 Å². The van der Waals surface area contributed by atoms with Crippen LogP contribution in [0.15, 0.2) is 0 Å². The van der Waals surface area contributed by atoms with Gasteiger partial charge in [-0.25, -0.2) is 0 Å². The molecule has 0 aromatic carbocycles. The van der Waals surface area contributed by atoms with Crippen LogP contribution in [0.3, 0.4) is 0 Å². The van der Waals surface area contributed by atoms with Crippen molar-refractivity contribution in [1.29, 1.82) is 0 Å². The number of hydrogen-bond donors (Lipinski definition) is 0. The molecule has 3 nitrogen and oxygen atoms in total. The lowest BCUT2D eigenvalue weighted by Crippen LogP contribution is -2.48. The van der Waals surface area contributed by atoms with E-state index in [9.17, 15) is 0 Å². The maximum Gasteiger partial charge on any atom is 0.142 e. The summed E-state index contributed by atoms with van der Waals surface area (Å²) in [6.07, 6.45) is 40.3. The van der Waals surface area contributed by atoms with Crippen molar-refractivity contribution in [3.63, 3.8) is 0 Å². The molecule has 0 rings (SSSR count). The Morgan fingerprint density at radius 1 is 0.300 bits per heavy atom. The molecule has 0 saturated carbocycles. The van der Waals surface area contributed by atoms with Crippen molar-refractivity contribution in [2.24, 2.45) is 0 Å². The maximum atomic E-state index is 6.36. The van der Waals surface area contributed by atoms with Gasteiger partial charge in [0.15, 0.2) is 0 Å². The quantitative estimate of drug-likeness (QED) is 0.0430. The second-order valence-corrected chi connectivity index (χ2v) is 12.7. The third-order valence-electron chi connectivity index (χ3n) is 8.70. The summed E-state index contributed by atoms with van der Waals surface area (Å²) in [5.74, 6) is 0. The van der Waals surface area contributed by atoms with Crippen molar-refractivity contribution in [3.05, 3.63) is 0 Å². The summed E-state index contributed by atoms with van der Waals surface area (Å²) in [5, 5.41) is 0. The van der Waals surface area contributed by atoms with Crippen molar-refractivity contribution in [2.75, 3.05) is 26.3 Å². The average Bonchev–Trinajstić information content (AvgIpc) is 2.97. The molecule has 0 radical (unpaired) electrons. The van der Waals surface area contributed by atoms with Gasteiger partial charge in [0.1, 0.15) is 26.3 Å². The lowest BCUT2D eigenvalue weighted by atomic mass is 10.0. The van der Waals surface area contributed by atoms with Gasteiger partial charge in [-0.1, -0.05) is 188 Å². The van der Waals surface area contributed by atoms with Gasteiger partial charge >= 0.3 is 0 Å². The molecule has 0 heterocycles. The molecule has 0 bridgehead atoms. The first-order valence-corrected chi connectivity index (χ1v) is 18.9. The first-order chi connectivity index (χ1) is 19.7. The van der Waals surface area contributed by atoms with Crippen LogP contribution in [-0.4, -0.2) is 31.1 Å². The summed E-state index contributed by atoms with van der Waals surface area (Å²) >= 11 is 0. The predicted molar refractivity (Wildman–Crippen MR) is 178 cm³/mol. The number of quaternary nitrogens is 1. The van der Waals surface area contributed by atoms with E-state index in [0.717, 1.165) is 32.7 Å². The Balaban J connectivity index is 3.63. The molecule has 0 aliphatic heterocycles. The van der Waals surface area contributed by atoms with Gasteiger partial charge in [0.05, 0.1) is 0 Å². The zero-order valence-corrected chi connectivity index (χ0v) is 28.6. The molecule has 0 fully saturated rings. The zero-order chi connectivity index (χ0) is 29.2. The molecule has 3 heteroatoms. The van der Waals surface area contributed by atoms with E-state index in [0.29, 0.717) is 4.81 Å². The summed E-state index contributed by atoms with van der Waals surface area (Å²) in [7, 11) is 0. The maximum absolute atomic E-state index is 6.36. The number of unbranched alkanes of at least 4 members (excludes halogenated alkanes) is 26. The Kier molecular flexibility index (Phi) is 33.3. The molecule has 0 N–H and O–H groups in total. The zero-order valence-electron chi connectivity index (χ0n) is 28.6. The minimum absolute atomic E-state index is 0.410. The predicted octanol–water partition coefficient (Wildman–Crippen LogP) is 13.1. The Bertz CT molecular complexity index is 421. The summed E-state index contributed by atoms with van der Waals surface area (Å²) in [6, 6.07) is 0. The van der Waals surface area contributed by atoms with Gasteiger partial charge in [-0.15, -0.1) is 0 Å². The van der Waals surface area contributed by atoms with Crippen LogP contribution in [0.25, 0.3) is 0 Å². The van der Waals surface area contributed by atoms with Crippen LogP contribution in [-0.2, 0) is 9.68 Å². The highest BCUT2D eigenvalue weighted by atomic mass is 17.0. The van der Waals surface area contributed by atoms with Gasteiger partial charge in [-0.2, -0.15) is 9.68 Å². The van der Waals surface area contributed by atoms with Crippen molar-refractivity contribution < 1.29 is 14.5 Å². The Hall–Kier alpha value is -0.120. The van der Waals surface area contributed by atoms with E-state index < -0.39 is 0 Å². The lowest BCUT2D eigenvalue weighted by molar-refractivity contribution is -1.25. The van der Waals surface area contributed by atoms with Gasteiger partial charge in [-0.05, 0) is 31.0 Å². The van der Waals surface area contributed by atoms with Crippen molar-refractivity contribution in [3.8, 4) is 0 Å². The Morgan fingerprint density at radius 2 is 0.550 bits per heavy atom. The molecule has 0 saturated heterocycles. The van der Waals surface area contributed by atoms with Crippen LogP contribution in [0.4, 0.5) is 0 Å². The second kappa shape index (κ2) is 33.4. The molecule has 0 aromatic rings. The van der Waals surface area contributed by atoms with Crippen LogP contribution < -0.4 is 0 Å². The van der Waals surface area contributed by atoms with Gasteiger partial charge < -0.3 is 0 Å². The third kappa shape index (κ3) is 28.0. The van der Waals surface area contributed by atoms with Crippen molar-refractivity contribution in [2.45, 2.75) is 214 Å². The van der Waals surface area contributed by atoms with Crippen molar-refractivity contribution in [1.82, 2.24) is 0 Å². The molecular formula is C37H78NO2+. The van der Waals surface area contributed by atoms with Crippen LogP contribution in [0.5, 0.6) is 0 Å². The third-order valence-corrected chi connectivity index (χ3v) is 8.70. The van der Waals surface area contributed by atoms with Gasteiger partial charge in [0.2, 0.25) is 0 Å². The summed E-state index contributed by atoms with van der Waals surface area (Å²) in [4.78, 5) is 13.1. The number of rotatable bonds is 35. The molecule has 0 atom stereocenters. The van der Waals surface area contributed by atoms with E-state index in [-0.39, 0.29) is 0 Å². The highest BCUT2D eigenvalue weighted by molar-refractivity contribution is 4.50. The van der Waals surface area contributed by atoms with E-state index in [1.807, 2.05) is 0 Å². The van der Waals surface area contributed by atoms with Crippen molar-refractivity contribution >= 4 is 0 Å². The fraction of sp³-hybridized carbons (Fsp3) is 1.00. The Morgan fingerprint density at radius 3 is 0.775 bits per heavy atom. The number of hydroxylamine groups is 4. The normalized spacial score (nSPS) is 12.0. The van der Waals surface area contributed by atoms with E-state index in [1.165, 1.54) is 180 Å². The molecule has 242 valence electrons. The highest BCUT2D eigenvalue weighted by Crippen LogP contribution is 2.17. The minimum atomic E-state index is 0.410. The van der Waals surface area contributed by atoms with Crippen LogP contribution >= 0.6 is 0 Å². The fourth-order valence-electron chi connectivity index (χ4n) is 5.90. The number of hydrogen-bond acceptors (Lipinski definition) is 2. The standard InChI is InChI=1S/C37H78NO2/c1-5-9-11-13-15-17-19-21-23-25-27-29-31-33-36-39-38(8-4,35-7-3)40-37-34-32-30-28-26-24-22-20-18-16-14-12-10-6-2/h5-37H2,1-4H3/q+1. The topological polar surface area (TPSA) is 18.5 Å². The molecule has 40 heavy (non-hydrogen) atoms. The van der Waals surface area contributed by atoms with E-state index in [4.69, 9.17) is 9.68 Å². The molecule has 0 spiro atoms. The molecule has 0 aliphatic rings. The molecular weight excluding hydrogens is 490 g/mol. The lowest BCUT2D eigenvalue weighted by Gasteiger charge is -2.31. The molecule has 0 amide bonds. The molecule has 0 unspecified atom stereocenters. The molecule has 0 aromatic heterocycles. The van der Waals surface area contributed by atoms with E-state index in [1.54, 1.807) is 0 Å². The largest absolute Gasteiger partial charge is 0.168 e. The molecule has 0 aliphatic carbocycles. The smallest absolute Gasteiger partial charge is 0.142 e. The monoisotopic (exact) mass is 569 g/mol. The van der Waals surface area contributed by atoms with Crippen LogP contribution in [0, 0.1) is 0 Å². The summed E-state index contributed by atoms with van der Waals surface area (Å²) in [5.41, 5.74) is 0. The summed E-state index contributed by atoms with van der Waals surface area (Å²) in [6.45, 7) is 12.6. The number of nitrogens with zero attached hydrogens (tertiary/aromatic N) is 1. The minimum Gasteiger partial charge on any atom is -0.168 e. The van der Waals surface area contributed by atoms with Crippen LogP contribution in [0.1, 0.15) is 214 Å². The summed E-state index contributed by atoms with van der Waals surface area (Å²) < 4.78 is 0. The van der Waals surface area contributed by atoms with Gasteiger partial charge in [0, 0.05) is 0 Å². The SMILES string of the molecule is CCCCCCCCCCCCCCCCO[N+](CC)(CCC)OCCCCCCCCCCCCCCCC. The van der Waals surface area contributed by atoms with E-state index in [2.05, 4.69) is 27.7 Å². The first-order valence-electron chi connectivity index (χ1n) is 18.9.